The van der Waals surface area contributed by atoms with Crippen LogP contribution in [-0.4, -0.2) is 26.7 Å². The van der Waals surface area contributed by atoms with Gasteiger partial charge >= 0.3 is 0 Å². The number of hydrogen-bond acceptors (Lipinski definition) is 5. The molecule has 20 heavy (non-hydrogen) atoms. The van der Waals surface area contributed by atoms with Crippen LogP contribution in [0.4, 0.5) is 5.69 Å². The molecule has 1 aromatic carbocycles. The van der Waals surface area contributed by atoms with Gasteiger partial charge in [0.2, 0.25) is 10.0 Å². The summed E-state index contributed by atoms with van der Waals surface area (Å²) >= 11 is 0. The van der Waals surface area contributed by atoms with E-state index in [1.807, 2.05) is 13.8 Å². The summed E-state index contributed by atoms with van der Waals surface area (Å²) in [4.78, 5) is -0.0847. The van der Waals surface area contributed by atoms with Gasteiger partial charge in [0.15, 0.2) is 0 Å². The highest BCUT2D eigenvalue weighted by Gasteiger charge is 2.26. The largest absolute Gasteiger partial charge is 0.490 e. The molecule has 0 saturated carbocycles. The molecular weight excluding hydrogens is 280 g/mol. The first-order valence-corrected chi connectivity index (χ1v) is 8.05. The topological polar surface area (TPSA) is 105 Å². The van der Waals surface area contributed by atoms with Crippen LogP contribution in [0.2, 0.25) is 0 Å². The Hall–Kier alpha value is -1.31. The number of ether oxygens (including phenoxy) is 2. The Morgan fingerprint density at radius 1 is 1.25 bits per heavy atom. The quantitative estimate of drug-likeness (QED) is 0.817. The molecule has 112 valence electrons. The molecule has 1 heterocycles. The van der Waals surface area contributed by atoms with E-state index in [4.69, 9.17) is 20.3 Å². The molecule has 0 aliphatic carbocycles. The second-order valence-electron chi connectivity index (χ2n) is 5.21. The van der Waals surface area contributed by atoms with Gasteiger partial charge in [0.25, 0.3) is 0 Å². The maximum atomic E-state index is 11.3. The zero-order valence-corrected chi connectivity index (χ0v) is 12.4. The summed E-state index contributed by atoms with van der Waals surface area (Å²) in [7, 11) is -3.80. The van der Waals surface area contributed by atoms with Crippen molar-refractivity contribution in [3.05, 3.63) is 18.2 Å². The van der Waals surface area contributed by atoms with Crippen molar-refractivity contribution < 1.29 is 17.9 Å². The van der Waals surface area contributed by atoms with Crippen molar-refractivity contribution in [3.8, 4) is 5.75 Å². The Bertz CT molecular complexity index is 578. The van der Waals surface area contributed by atoms with Crippen molar-refractivity contribution in [1.29, 1.82) is 0 Å². The maximum absolute atomic E-state index is 11.3. The summed E-state index contributed by atoms with van der Waals surface area (Å²) in [6.45, 7) is 4.01. The lowest BCUT2D eigenvalue weighted by Crippen LogP contribution is -2.35. The van der Waals surface area contributed by atoms with Crippen LogP contribution in [0.1, 0.15) is 26.7 Å². The van der Waals surface area contributed by atoms with Crippen LogP contribution in [0.3, 0.4) is 0 Å². The second kappa shape index (κ2) is 5.59. The molecule has 0 bridgehead atoms. The lowest BCUT2D eigenvalue weighted by Gasteiger charge is -2.32. The highest BCUT2D eigenvalue weighted by atomic mass is 32.2. The van der Waals surface area contributed by atoms with E-state index in [-0.39, 0.29) is 28.9 Å². The van der Waals surface area contributed by atoms with E-state index >= 15 is 0 Å². The van der Waals surface area contributed by atoms with Gasteiger partial charge in [-0.3, -0.25) is 0 Å². The molecule has 1 saturated heterocycles. The van der Waals surface area contributed by atoms with Gasteiger partial charge in [-0.25, -0.2) is 13.6 Å². The van der Waals surface area contributed by atoms with Crippen LogP contribution in [0.25, 0.3) is 0 Å². The van der Waals surface area contributed by atoms with Crippen LogP contribution < -0.4 is 15.6 Å². The standard InChI is InChI=1S/C13H20N2O4S/c1-8-5-11(6-9(2)18-8)19-10-3-4-13(12(14)7-10)20(15,16)17/h3-4,7-9,11H,5-6,14H2,1-2H3,(H2,15,16,17). The van der Waals surface area contributed by atoms with Crippen LogP contribution in [-0.2, 0) is 14.8 Å². The molecular formula is C13H20N2O4S. The molecule has 2 unspecified atom stereocenters. The van der Waals surface area contributed by atoms with Gasteiger partial charge in [0.1, 0.15) is 16.7 Å². The van der Waals surface area contributed by atoms with Gasteiger partial charge in [-0.2, -0.15) is 0 Å². The third-order valence-corrected chi connectivity index (χ3v) is 4.23. The Kier molecular flexibility index (Phi) is 4.22. The molecule has 0 aromatic heterocycles. The molecule has 2 rings (SSSR count). The molecule has 0 spiro atoms. The fraction of sp³-hybridized carbons (Fsp3) is 0.538. The van der Waals surface area contributed by atoms with Crippen LogP contribution in [0.15, 0.2) is 23.1 Å². The number of primary sulfonamides is 1. The van der Waals surface area contributed by atoms with Crippen molar-refractivity contribution in [2.24, 2.45) is 5.14 Å². The van der Waals surface area contributed by atoms with Gasteiger partial charge in [-0.1, -0.05) is 0 Å². The first-order chi connectivity index (χ1) is 9.25. The van der Waals surface area contributed by atoms with E-state index in [0.29, 0.717) is 5.75 Å². The van der Waals surface area contributed by atoms with Crippen LogP contribution in [0, 0.1) is 0 Å². The highest BCUT2D eigenvalue weighted by Crippen LogP contribution is 2.27. The van der Waals surface area contributed by atoms with Gasteiger partial charge in [0.05, 0.1) is 17.9 Å². The summed E-state index contributed by atoms with van der Waals surface area (Å²) in [6, 6.07) is 4.43. The summed E-state index contributed by atoms with van der Waals surface area (Å²) in [5.41, 5.74) is 5.80. The van der Waals surface area contributed by atoms with Crippen LogP contribution in [0.5, 0.6) is 5.75 Å². The van der Waals surface area contributed by atoms with Crippen molar-refractivity contribution in [2.45, 2.75) is 49.9 Å². The van der Waals surface area contributed by atoms with E-state index in [1.54, 1.807) is 6.07 Å². The average Bonchev–Trinajstić information content (AvgIpc) is 2.25. The average molecular weight is 300 g/mol. The number of anilines is 1. The van der Waals surface area contributed by atoms with E-state index in [1.165, 1.54) is 12.1 Å². The zero-order chi connectivity index (χ0) is 14.9. The van der Waals surface area contributed by atoms with E-state index in [0.717, 1.165) is 12.8 Å². The molecule has 0 radical (unpaired) electrons. The lowest BCUT2D eigenvalue weighted by atomic mass is 10.0. The number of nitrogen functional groups attached to an aromatic ring is 1. The molecule has 4 N–H and O–H groups in total. The first kappa shape index (κ1) is 15.1. The zero-order valence-electron chi connectivity index (χ0n) is 11.6. The van der Waals surface area contributed by atoms with Gasteiger partial charge in [0, 0.05) is 18.9 Å². The van der Waals surface area contributed by atoms with E-state index in [2.05, 4.69) is 0 Å². The SMILES string of the molecule is CC1CC(Oc2ccc(S(N)(=O)=O)c(N)c2)CC(C)O1. The van der Waals surface area contributed by atoms with Gasteiger partial charge in [-0.05, 0) is 26.0 Å². The number of sulfonamides is 1. The summed E-state index contributed by atoms with van der Waals surface area (Å²) in [5.74, 6) is 0.543. The number of hydrogen-bond donors (Lipinski definition) is 2. The molecule has 6 nitrogen and oxygen atoms in total. The van der Waals surface area contributed by atoms with Crippen molar-refractivity contribution >= 4 is 15.7 Å². The predicted molar refractivity (Wildman–Crippen MR) is 75.9 cm³/mol. The molecule has 0 amide bonds. The minimum Gasteiger partial charge on any atom is -0.490 e. The summed E-state index contributed by atoms with van der Waals surface area (Å²) in [5, 5.41) is 5.06. The molecule has 2 atom stereocenters. The molecule has 1 aliphatic heterocycles. The smallest absolute Gasteiger partial charge is 0.240 e. The third-order valence-electron chi connectivity index (χ3n) is 3.24. The molecule has 1 fully saturated rings. The van der Waals surface area contributed by atoms with Crippen molar-refractivity contribution in [1.82, 2.24) is 0 Å². The van der Waals surface area contributed by atoms with Gasteiger partial charge in [-0.15, -0.1) is 0 Å². The minimum atomic E-state index is -3.80. The first-order valence-electron chi connectivity index (χ1n) is 6.50. The van der Waals surface area contributed by atoms with Gasteiger partial charge < -0.3 is 15.2 Å². The summed E-state index contributed by atoms with van der Waals surface area (Å²) in [6.07, 6.45) is 1.91. The normalized spacial score (nSPS) is 27.2. The fourth-order valence-electron chi connectivity index (χ4n) is 2.49. The lowest BCUT2D eigenvalue weighted by molar-refractivity contribution is -0.0721. The number of benzene rings is 1. The monoisotopic (exact) mass is 300 g/mol. The van der Waals surface area contributed by atoms with Crippen molar-refractivity contribution in [3.63, 3.8) is 0 Å². The predicted octanol–water partition coefficient (Wildman–Crippen LogP) is 1.25. The maximum Gasteiger partial charge on any atom is 0.240 e. The number of nitrogens with two attached hydrogens (primary N) is 2. The Balaban J connectivity index is 2.13. The Morgan fingerprint density at radius 3 is 2.35 bits per heavy atom. The summed E-state index contributed by atoms with van der Waals surface area (Å²) < 4.78 is 34.1. The Morgan fingerprint density at radius 2 is 1.85 bits per heavy atom. The molecule has 7 heteroatoms. The number of rotatable bonds is 3. The second-order valence-corrected chi connectivity index (χ2v) is 6.74. The van der Waals surface area contributed by atoms with E-state index < -0.39 is 10.0 Å². The Labute approximate surface area is 119 Å². The third kappa shape index (κ3) is 3.62. The van der Waals surface area contributed by atoms with Crippen molar-refractivity contribution in [2.75, 3.05) is 5.73 Å². The fourth-order valence-corrected chi connectivity index (χ4v) is 3.14. The molecule has 1 aromatic rings. The minimum absolute atomic E-state index is 0.0356. The highest BCUT2D eigenvalue weighted by molar-refractivity contribution is 7.89. The van der Waals surface area contributed by atoms with Crippen LogP contribution >= 0.6 is 0 Å². The van der Waals surface area contributed by atoms with E-state index in [9.17, 15) is 8.42 Å². The molecule has 1 aliphatic rings.